The van der Waals surface area contributed by atoms with E-state index in [1.807, 2.05) is 18.2 Å². The van der Waals surface area contributed by atoms with Crippen molar-refractivity contribution in [2.45, 2.75) is 35.5 Å². The van der Waals surface area contributed by atoms with Crippen molar-refractivity contribution in [3.63, 3.8) is 0 Å². The van der Waals surface area contributed by atoms with Crippen molar-refractivity contribution in [3.8, 4) is 0 Å². The first kappa shape index (κ1) is 23.5. The number of rotatable bonds is 9. The molecule has 4 rings (SSSR count). The number of likely N-dealkylation sites (tertiary alicyclic amines) is 1. The summed E-state index contributed by atoms with van der Waals surface area (Å²) in [5, 5.41) is 22.2. The predicted octanol–water partition coefficient (Wildman–Crippen LogP) is 5.74. The highest BCUT2D eigenvalue weighted by Crippen LogP contribution is 2.34. The number of hydrogen-bond acceptors (Lipinski definition) is 5. The SMILES string of the molecule is O=[N+]([O-])c1ccc([C@H](O)[C@H](CN2CCC(Cc3ccccc3)CC2)Sc2ccccc2)cc1. The number of aliphatic hydroxyl groups is 1. The van der Waals surface area contributed by atoms with Crippen LogP contribution in [-0.2, 0) is 6.42 Å². The van der Waals surface area contributed by atoms with Gasteiger partial charge < -0.3 is 10.0 Å². The van der Waals surface area contributed by atoms with Crippen molar-refractivity contribution in [3.05, 3.63) is 106 Å². The number of nitrogens with zero attached hydrogens (tertiary/aromatic N) is 2. The van der Waals surface area contributed by atoms with E-state index in [2.05, 4.69) is 47.4 Å². The van der Waals surface area contributed by atoms with Crippen molar-refractivity contribution >= 4 is 17.4 Å². The zero-order chi connectivity index (χ0) is 23.0. The molecule has 0 saturated carbocycles. The largest absolute Gasteiger partial charge is 0.387 e. The van der Waals surface area contributed by atoms with Gasteiger partial charge in [-0.25, -0.2) is 0 Å². The number of non-ortho nitro benzene ring substituents is 1. The van der Waals surface area contributed by atoms with Crippen LogP contribution in [0.25, 0.3) is 0 Å². The highest BCUT2D eigenvalue weighted by atomic mass is 32.2. The van der Waals surface area contributed by atoms with Crippen LogP contribution in [0.15, 0.2) is 89.8 Å². The van der Waals surface area contributed by atoms with E-state index in [1.165, 1.54) is 17.7 Å². The van der Waals surface area contributed by atoms with Crippen LogP contribution < -0.4 is 0 Å². The van der Waals surface area contributed by atoms with E-state index in [0.29, 0.717) is 11.5 Å². The molecular formula is C27H30N2O3S. The second kappa shape index (κ2) is 11.5. The minimum atomic E-state index is -0.710. The summed E-state index contributed by atoms with van der Waals surface area (Å²) in [6, 6.07) is 27.1. The number of thioether (sulfide) groups is 1. The zero-order valence-corrected chi connectivity index (χ0v) is 19.4. The minimum Gasteiger partial charge on any atom is -0.387 e. The standard InChI is InChI=1S/C27H30N2O3S/c30-27(23-11-13-24(14-12-23)29(31)32)26(33-25-9-5-2-6-10-25)20-28-17-15-22(16-18-28)19-21-7-3-1-4-8-21/h1-14,22,26-27,30H,15-20H2/t26-,27-/m0/s1. The van der Waals surface area contributed by atoms with Gasteiger partial charge in [-0.1, -0.05) is 48.5 Å². The lowest BCUT2D eigenvalue weighted by Gasteiger charge is -2.35. The van der Waals surface area contributed by atoms with E-state index in [9.17, 15) is 15.2 Å². The van der Waals surface area contributed by atoms with Gasteiger partial charge in [-0.15, -0.1) is 11.8 Å². The van der Waals surface area contributed by atoms with Gasteiger partial charge in [0.05, 0.1) is 16.3 Å². The molecule has 6 heteroatoms. The van der Waals surface area contributed by atoms with Crippen LogP contribution in [0.3, 0.4) is 0 Å². The Labute approximate surface area is 199 Å². The maximum absolute atomic E-state index is 11.2. The van der Waals surface area contributed by atoms with E-state index >= 15 is 0 Å². The van der Waals surface area contributed by atoms with Crippen LogP contribution >= 0.6 is 11.8 Å². The molecule has 0 aromatic heterocycles. The maximum Gasteiger partial charge on any atom is 0.269 e. The van der Waals surface area contributed by atoms with Gasteiger partial charge in [0.25, 0.3) is 5.69 Å². The van der Waals surface area contributed by atoms with E-state index in [1.54, 1.807) is 23.9 Å². The highest BCUT2D eigenvalue weighted by Gasteiger charge is 2.28. The fraction of sp³-hybridized carbons (Fsp3) is 0.333. The molecule has 0 spiro atoms. The van der Waals surface area contributed by atoms with Crippen LogP contribution in [0.5, 0.6) is 0 Å². The summed E-state index contributed by atoms with van der Waals surface area (Å²) >= 11 is 1.67. The van der Waals surface area contributed by atoms with E-state index in [0.717, 1.165) is 43.8 Å². The second-order valence-corrected chi connectivity index (χ2v) is 10.0. The summed E-state index contributed by atoms with van der Waals surface area (Å²) in [5.41, 5.74) is 2.16. The first-order valence-electron chi connectivity index (χ1n) is 11.5. The van der Waals surface area contributed by atoms with Crippen LogP contribution in [-0.4, -0.2) is 39.8 Å². The van der Waals surface area contributed by atoms with Crippen LogP contribution in [0.1, 0.15) is 30.1 Å². The number of piperidine rings is 1. The lowest BCUT2D eigenvalue weighted by atomic mass is 9.90. The average molecular weight is 463 g/mol. The summed E-state index contributed by atoms with van der Waals surface area (Å²) in [7, 11) is 0. The molecule has 0 aliphatic carbocycles. The van der Waals surface area contributed by atoms with Gasteiger partial charge in [0.2, 0.25) is 0 Å². The Balaban J connectivity index is 1.41. The van der Waals surface area contributed by atoms with Gasteiger partial charge in [-0.2, -0.15) is 0 Å². The number of nitro benzene ring substituents is 1. The maximum atomic E-state index is 11.2. The van der Waals surface area contributed by atoms with Gasteiger partial charge >= 0.3 is 0 Å². The van der Waals surface area contributed by atoms with Gasteiger partial charge in [0, 0.05) is 23.6 Å². The fourth-order valence-electron chi connectivity index (χ4n) is 4.46. The number of aliphatic hydroxyl groups excluding tert-OH is 1. The molecule has 1 N–H and O–H groups in total. The molecule has 5 nitrogen and oxygen atoms in total. The topological polar surface area (TPSA) is 66.6 Å². The zero-order valence-electron chi connectivity index (χ0n) is 18.6. The molecule has 1 saturated heterocycles. The smallest absolute Gasteiger partial charge is 0.269 e. The monoisotopic (exact) mass is 462 g/mol. The first-order valence-corrected chi connectivity index (χ1v) is 12.4. The molecule has 3 aromatic rings. The lowest BCUT2D eigenvalue weighted by Crippen LogP contribution is -2.40. The highest BCUT2D eigenvalue weighted by molar-refractivity contribution is 8.00. The van der Waals surface area contributed by atoms with Crippen molar-refractivity contribution < 1.29 is 10.0 Å². The van der Waals surface area contributed by atoms with Crippen LogP contribution in [0.4, 0.5) is 5.69 Å². The van der Waals surface area contributed by atoms with E-state index in [-0.39, 0.29) is 10.9 Å². The molecule has 2 atom stereocenters. The number of nitro groups is 1. The van der Waals surface area contributed by atoms with Gasteiger partial charge in [-0.3, -0.25) is 10.1 Å². The molecule has 1 fully saturated rings. The van der Waals surface area contributed by atoms with Crippen LogP contribution in [0.2, 0.25) is 0 Å². The Morgan fingerprint density at radius 3 is 2.15 bits per heavy atom. The minimum absolute atomic E-state index is 0.0405. The summed E-state index contributed by atoms with van der Waals surface area (Å²) in [6.07, 6.45) is 2.73. The molecule has 1 heterocycles. The Morgan fingerprint density at radius 1 is 0.939 bits per heavy atom. The Kier molecular flexibility index (Phi) is 8.15. The second-order valence-electron chi connectivity index (χ2n) is 8.70. The van der Waals surface area contributed by atoms with E-state index in [4.69, 9.17) is 0 Å². The average Bonchev–Trinajstić information content (AvgIpc) is 2.86. The Bertz CT molecular complexity index is 1010. The summed E-state index contributed by atoms with van der Waals surface area (Å²) in [6.45, 7) is 2.82. The van der Waals surface area contributed by atoms with Crippen molar-refractivity contribution in [2.24, 2.45) is 5.92 Å². The molecule has 3 aromatic carbocycles. The molecule has 0 unspecified atom stereocenters. The quantitative estimate of drug-likeness (QED) is 0.249. The van der Waals surface area contributed by atoms with Gasteiger partial charge in [0.1, 0.15) is 0 Å². The summed E-state index contributed by atoms with van der Waals surface area (Å²) in [5.74, 6) is 0.698. The summed E-state index contributed by atoms with van der Waals surface area (Å²) in [4.78, 5) is 14.2. The van der Waals surface area contributed by atoms with Gasteiger partial charge in [-0.05, 0) is 73.7 Å². The van der Waals surface area contributed by atoms with Crippen LogP contribution in [0, 0.1) is 16.0 Å². The van der Waals surface area contributed by atoms with E-state index < -0.39 is 11.0 Å². The normalized spacial score (nSPS) is 16.9. The Morgan fingerprint density at radius 2 is 1.55 bits per heavy atom. The number of benzene rings is 3. The van der Waals surface area contributed by atoms with Gasteiger partial charge in [0.15, 0.2) is 0 Å². The third kappa shape index (κ3) is 6.67. The van der Waals surface area contributed by atoms with Crippen molar-refractivity contribution in [1.29, 1.82) is 0 Å². The lowest BCUT2D eigenvalue weighted by molar-refractivity contribution is -0.384. The molecular weight excluding hydrogens is 432 g/mol. The molecule has 0 radical (unpaired) electrons. The number of hydrogen-bond donors (Lipinski definition) is 1. The first-order chi connectivity index (χ1) is 16.1. The summed E-state index contributed by atoms with van der Waals surface area (Å²) < 4.78 is 0. The molecule has 0 amide bonds. The molecule has 33 heavy (non-hydrogen) atoms. The third-order valence-electron chi connectivity index (χ3n) is 6.34. The third-order valence-corrected chi connectivity index (χ3v) is 7.59. The molecule has 0 bridgehead atoms. The fourth-order valence-corrected chi connectivity index (χ4v) is 5.69. The molecule has 1 aliphatic rings. The van der Waals surface area contributed by atoms with Crippen molar-refractivity contribution in [1.82, 2.24) is 4.90 Å². The van der Waals surface area contributed by atoms with Crippen molar-refractivity contribution in [2.75, 3.05) is 19.6 Å². The molecule has 1 aliphatic heterocycles. The molecule has 172 valence electrons. The Hall–Kier alpha value is -2.67. The predicted molar refractivity (Wildman–Crippen MR) is 133 cm³/mol.